The van der Waals surface area contributed by atoms with Crippen LogP contribution in [0.3, 0.4) is 0 Å². The molecule has 1 heterocycles. The fourth-order valence-corrected chi connectivity index (χ4v) is 4.54. The van der Waals surface area contributed by atoms with Crippen molar-refractivity contribution < 1.29 is 14.6 Å². The lowest BCUT2D eigenvalue weighted by Gasteiger charge is -2.41. The van der Waals surface area contributed by atoms with Gasteiger partial charge < -0.3 is 14.7 Å². The average molecular weight is 360 g/mol. The van der Waals surface area contributed by atoms with Gasteiger partial charge >= 0.3 is 0 Å². The number of hydrogen-bond donors (Lipinski definition) is 1. The highest BCUT2D eigenvalue weighted by molar-refractivity contribution is 6.00. The Morgan fingerprint density at radius 3 is 2.42 bits per heavy atom. The summed E-state index contributed by atoms with van der Waals surface area (Å²) in [5.74, 6) is 0.264. The molecule has 144 valence electrons. The highest BCUT2D eigenvalue weighted by Crippen LogP contribution is 2.49. The number of amides is 1. The number of benzene rings is 1. The smallest absolute Gasteiger partial charge is 0.233 e. The first-order valence-electron chi connectivity index (χ1n) is 10.1. The third kappa shape index (κ3) is 3.96. The SMILES string of the molecule is CCCC[C@]1(O)CC[C@@]2(CCN(c3ccc(CCOC)cc3)C2=O)CC1. The Morgan fingerprint density at radius 2 is 1.81 bits per heavy atom. The number of unbranched alkanes of at least 4 members (excludes halogenated alkanes) is 1. The lowest BCUT2D eigenvalue weighted by molar-refractivity contribution is -0.131. The molecule has 1 amide bonds. The van der Waals surface area contributed by atoms with E-state index in [1.54, 1.807) is 7.11 Å². The molecule has 1 saturated carbocycles. The van der Waals surface area contributed by atoms with Crippen molar-refractivity contribution >= 4 is 11.6 Å². The van der Waals surface area contributed by atoms with Gasteiger partial charge in [0.25, 0.3) is 0 Å². The molecule has 2 fully saturated rings. The van der Waals surface area contributed by atoms with Gasteiger partial charge in [-0.3, -0.25) is 4.79 Å². The summed E-state index contributed by atoms with van der Waals surface area (Å²) < 4.78 is 5.12. The van der Waals surface area contributed by atoms with E-state index in [-0.39, 0.29) is 11.3 Å². The molecule has 4 nitrogen and oxygen atoms in total. The minimum Gasteiger partial charge on any atom is -0.390 e. The van der Waals surface area contributed by atoms with E-state index in [2.05, 4.69) is 31.2 Å². The van der Waals surface area contributed by atoms with E-state index >= 15 is 0 Å². The Kier molecular flexibility index (Phi) is 6.03. The largest absolute Gasteiger partial charge is 0.390 e. The van der Waals surface area contributed by atoms with Crippen LogP contribution in [-0.2, 0) is 16.0 Å². The van der Waals surface area contributed by atoms with Crippen molar-refractivity contribution in [2.45, 2.75) is 70.3 Å². The van der Waals surface area contributed by atoms with Crippen LogP contribution in [0.2, 0.25) is 0 Å². The van der Waals surface area contributed by atoms with Crippen LogP contribution in [0.15, 0.2) is 24.3 Å². The Hall–Kier alpha value is -1.39. The van der Waals surface area contributed by atoms with Crippen LogP contribution in [-0.4, -0.2) is 36.9 Å². The summed E-state index contributed by atoms with van der Waals surface area (Å²) >= 11 is 0. The molecule has 0 bridgehead atoms. The number of ether oxygens (including phenoxy) is 1. The fraction of sp³-hybridized carbons (Fsp3) is 0.682. The predicted octanol–water partition coefficient (Wildman–Crippen LogP) is 4.09. The lowest BCUT2D eigenvalue weighted by Crippen LogP contribution is -2.43. The maximum Gasteiger partial charge on any atom is 0.233 e. The first kappa shape index (κ1) is 19.4. The van der Waals surface area contributed by atoms with Crippen molar-refractivity contribution in [3.05, 3.63) is 29.8 Å². The summed E-state index contributed by atoms with van der Waals surface area (Å²) in [4.78, 5) is 15.1. The first-order chi connectivity index (χ1) is 12.5. The van der Waals surface area contributed by atoms with E-state index in [0.29, 0.717) is 6.61 Å². The van der Waals surface area contributed by atoms with Crippen molar-refractivity contribution in [2.24, 2.45) is 5.41 Å². The number of nitrogens with zero attached hydrogens (tertiary/aromatic N) is 1. The number of carbonyl (C=O) groups is 1. The molecule has 0 aromatic heterocycles. The number of rotatable bonds is 7. The van der Waals surface area contributed by atoms with Gasteiger partial charge in [0.05, 0.1) is 17.6 Å². The van der Waals surface area contributed by atoms with Gasteiger partial charge in [0, 0.05) is 19.3 Å². The summed E-state index contributed by atoms with van der Waals surface area (Å²) in [6.07, 6.45) is 8.06. The Balaban J connectivity index is 1.63. The molecule has 2 aliphatic rings. The average Bonchev–Trinajstić information content (AvgIpc) is 2.98. The van der Waals surface area contributed by atoms with Gasteiger partial charge in [-0.2, -0.15) is 0 Å². The highest BCUT2D eigenvalue weighted by atomic mass is 16.5. The van der Waals surface area contributed by atoms with E-state index in [1.165, 1.54) is 5.56 Å². The quantitative estimate of drug-likeness (QED) is 0.797. The topological polar surface area (TPSA) is 49.8 Å². The number of carbonyl (C=O) groups excluding carboxylic acids is 1. The van der Waals surface area contributed by atoms with Crippen LogP contribution in [0.25, 0.3) is 0 Å². The normalized spacial score (nSPS) is 28.9. The van der Waals surface area contributed by atoms with E-state index < -0.39 is 5.60 Å². The summed E-state index contributed by atoms with van der Waals surface area (Å²) in [5.41, 5.74) is 1.45. The lowest BCUT2D eigenvalue weighted by atomic mass is 9.66. The molecule has 0 atom stereocenters. The molecule has 1 saturated heterocycles. The molecule has 1 spiro atoms. The molecule has 1 aromatic carbocycles. The van der Waals surface area contributed by atoms with E-state index in [1.807, 2.05) is 4.90 Å². The maximum atomic E-state index is 13.2. The van der Waals surface area contributed by atoms with E-state index in [0.717, 1.165) is 70.0 Å². The van der Waals surface area contributed by atoms with Gasteiger partial charge in [-0.25, -0.2) is 0 Å². The predicted molar refractivity (Wildman–Crippen MR) is 104 cm³/mol. The highest BCUT2D eigenvalue weighted by Gasteiger charge is 2.51. The minimum atomic E-state index is -0.544. The summed E-state index contributed by atoms with van der Waals surface area (Å²) in [6, 6.07) is 8.30. The molecule has 1 aliphatic carbocycles. The van der Waals surface area contributed by atoms with Crippen molar-refractivity contribution in [3.8, 4) is 0 Å². The molecule has 1 N–H and O–H groups in total. The van der Waals surface area contributed by atoms with Crippen LogP contribution in [0, 0.1) is 5.41 Å². The molecular formula is C22H33NO3. The Morgan fingerprint density at radius 1 is 1.12 bits per heavy atom. The van der Waals surface area contributed by atoms with Crippen LogP contribution >= 0.6 is 0 Å². The number of hydrogen-bond acceptors (Lipinski definition) is 3. The van der Waals surface area contributed by atoms with Crippen LogP contribution in [0.1, 0.15) is 63.9 Å². The van der Waals surface area contributed by atoms with E-state index in [9.17, 15) is 9.90 Å². The third-order valence-corrected chi connectivity index (χ3v) is 6.49. The van der Waals surface area contributed by atoms with Crippen molar-refractivity contribution in [3.63, 3.8) is 0 Å². The molecule has 4 heteroatoms. The van der Waals surface area contributed by atoms with Crippen molar-refractivity contribution in [1.82, 2.24) is 0 Å². The second-order valence-electron chi connectivity index (χ2n) is 8.22. The molecule has 3 rings (SSSR count). The standard InChI is InChI=1S/C22H33NO3/c1-3-4-10-22(25)13-11-21(12-14-22)15-16-23(20(21)24)19-7-5-18(6-8-19)9-17-26-2/h5-8,25H,3-4,9-17H2,1-2H3/t21-,22-. The van der Waals surface area contributed by atoms with Gasteiger partial charge in [0.2, 0.25) is 5.91 Å². The van der Waals surface area contributed by atoms with Gasteiger partial charge in [0.15, 0.2) is 0 Å². The van der Waals surface area contributed by atoms with Gasteiger partial charge in [-0.1, -0.05) is 31.9 Å². The third-order valence-electron chi connectivity index (χ3n) is 6.49. The Bertz CT molecular complexity index is 602. The Labute approximate surface area is 157 Å². The maximum absolute atomic E-state index is 13.2. The fourth-order valence-electron chi connectivity index (χ4n) is 4.54. The molecular weight excluding hydrogens is 326 g/mol. The summed E-state index contributed by atoms with van der Waals surface area (Å²) in [7, 11) is 1.71. The molecule has 1 aliphatic heterocycles. The van der Waals surface area contributed by atoms with Crippen molar-refractivity contribution in [2.75, 3.05) is 25.2 Å². The minimum absolute atomic E-state index is 0.243. The number of methoxy groups -OCH3 is 1. The second kappa shape index (κ2) is 8.10. The van der Waals surface area contributed by atoms with Crippen molar-refractivity contribution in [1.29, 1.82) is 0 Å². The van der Waals surface area contributed by atoms with Gasteiger partial charge in [-0.15, -0.1) is 0 Å². The van der Waals surface area contributed by atoms with Crippen LogP contribution in [0.4, 0.5) is 5.69 Å². The monoisotopic (exact) mass is 359 g/mol. The summed E-state index contributed by atoms with van der Waals surface area (Å²) in [6.45, 7) is 3.67. The van der Waals surface area contributed by atoms with Gasteiger partial charge in [0.1, 0.15) is 0 Å². The molecule has 26 heavy (non-hydrogen) atoms. The zero-order valence-corrected chi connectivity index (χ0v) is 16.3. The number of aliphatic hydroxyl groups is 1. The molecule has 1 aromatic rings. The van der Waals surface area contributed by atoms with E-state index in [4.69, 9.17) is 4.74 Å². The zero-order valence-electron chi connectivity index (χ0n) is 16.3. The second-order valence-corrected chi connectivity index (χ2v) is 8.22. The first-order valence-corrected chi connectivity index (χ1v) is 10.1. The van der Waals surface area contributed by atoms with Crippen LogP contribution < -0.4 is 4.90 Å². The van der Waals surface area contributed by atoms with Gasteiger partial charge in [-0.05, 0) is 62.6 Å². The zero-order chi connectivity index (χ0) is 18.6. The molecule has 0 radical (unpaired) electrons. The number of anilines is 1. The molecule has 0 unspecified atom stereocenters. The summed E-state index contributed by atoms with van der Waals surface area (Å²) in [5, 5.41) is 10.8. The van der Waals surface area contributed by atoms with Crippen LogP contribution in [0.5, 0.6) is 0 Å².